The fraction of sp³-hybridized carbons (Fsp3) is 0.231. The van der Waals surface area contributed by atoms with E-state index in [2.05, 4.69) is 5.10 Å². The van der Waals surface area contributed by atoms with Crippen molar-refractivity contribution >= 4 is 16.8 Å². The lowest BCUT2D eigenvalue weighted by molar-refractivity contribution is 0.107. The average molecular weight is 265 g/mol. The summed E-state index contributed by atoms with van der Waals surface area (Å²) in [5.41, 5.74) is 1.01. The van der Waals surface area contributed by atoms with Gasteiger partial charge in [0.1, 0.15) is 5.69 Å². The highest BCUT2D eigenvalue weighted by Gasteiger charge is 2.14. The van der Waals surface area contributed by atoms with Crippen LogP contribution < -0.4 is 4.74 Å². The maximum atomic E-state index is 11.2. The molecule has 0 bridgehead atoms. The first-order valence-electron chi connectivity index (χ1n) is 5.70. The molecule has 4 nitrogen and oxygen atoms in total. The number of carbonyl (C=O) groups is 1. The minimum Gasteiger partial charge on any atom is -0.478 e. The Morgan fingerprint density at radius 1 is 1.39 bits per heavy atom. The number of hydrogen-bond donors (Lipinski definition) is 0. The molecule has 2 aromatic rings. The summed E-state index contributed by atoms with van der Waals surface area (Å²) in [4.78, 5) is 11.2. The van der Waals surface area contributed by atoms with E-state index < -0.39 is 5.24 Å². The lowest BCUT2D eigenvalue weighted by Crippen LogP contribution is -2.03. The van der Waals surface area contributed by atoms with Crippen molar-refractivity contribution in [2.24, 2.45) is 0 Å². The number of ether oxygens (including phenoxy) is 1. The Hall–Kier alpha value is -1.81. The Labute approximate surface area is 110 Å². The molecular formula is C13H13ClN2O2. The molecule has 18 heavy (non-hydrogen) atoms. The van der Waals surface area contributed by atoms with Crippen molar-refractivity contribution in [1.29, 1.82) is 0 Å². The molecule has 0 amide bonds. The van der Waals surface area contributed by atoms with Gasteiger partial charge in [0.2, 0.25) is 5.88 Å². The summed E-state index contributed by atoms with van der Waals surface area (Å²) in [6.45, 7) is 2.57. The molecule has 0 aliphatic carbocycles. The van der Waals surface area contributed by atoms with Crippen molar-refractivity contribution in [1.82, 2.24) is 9.78 Å². The van der Waals surface area contributed by atoms with Gasteiger partial charge in [-0.1, -0.05) is 25.1 Å². The number of nitrogens with zero attached hydrogens (tertiary/aromatic N) is 2. The first kappa shape index (κ1) is 12.6. The van der Waals surface area contributed by atoms with Gasteiger partial charge in [0.05, 0.1) is 12.3 Å². The molecule has 94 valence electrons. The topological polar surface area (TPSA) is 44.1 Å². The molecule has 5 heteroatoms. The van der Waals surface area contributed by atoms with E-state index in [9.17, 15) is 4.79 Å². The predicted octanol–water partition coefficient (Wildman–Crippen LogP) is 3.04. The molecule has 0 radical (unpaired) electrons. The van der Waals surface area contributed by atoms with Gasteiger partial charge in [-0.2, -0.15) is 5.10 Å². The Morgan fingerprint density at radius 2 is 2.11 bits per heavy atom. The van der Waals surface area contributed by atoms with Crippen LogP contribution in [-0.2, 0) is 0 Å². The normalized spacial score (nSPS) is 10.3. The molecule has 0 atom stereocenters. The van der Waals surface area contributed by atoms with Gasteiger partial charge in [-0.25, -0.2) is 4.68 Å². The minimum absolute atomic E-state index is 0.187. The third kappa shape index (κ3) is 2.71. The maximum Gasteiger partial charge on any atom is 0.272 e. The van der Waals surface area contributed by atoms with Crippen LogP contribution in [0.5, 0.6) is 5.88 Å². The fourth-order valence-corrected chi connectivity index (χ4v) is 1.62. The molecule has 0 fully saturated rings. The van der Waals surface area contributed by atoms with Gasteiger partial charge in [0.25, 0.3) is 5.24 Å². The van der Waals surface area contributed by atoms with Gasteiger partial charge < -0.3 is 4.74 Å². The first-order chi connectivity index (χ1) is 8.72. The molecular weight excluding hydrogens is 252 g/mol. The van der Waals surface area contributed by atoms with Crippen molar-refractivity contribution in [3.8, 4) is 11.6 Å². The summed E-state index contributed by atoms with van der Waals surface area (Å²) in [5, 5.41) is 3.55. The molecule has 1 aromatic carbocycles. The Balaban J connectivity index is 2.40. The molecule has 0 aliphatic rings. The summed E-state index contributed by atoms with van der Waals surface area (Å²) in [5.74, 6) is 0.520. The number of halogens is 1. The molecule has 1 heterocycles. The summed E-state index contributed by atoms with van der Waals surface area (Å²) in [7, 11) is 0. The van der Waals surface area contributed by atoms with Crippen LogP contribution in [0.2, 0.25) is 0 Å². The van der Waals surface area contributed by atoms with Crippen molar-refractivity contribution in [3.05, 3.63) is 42.1 Å². The largest absolute Gasteiger partial charge is 0.478 e. The Morgan fingerprint density at radius 3 is 2.72 bits per heavy atom. The molecule has 0 spiro atoms. The summed E-state index contributed by atoms with van der Waals surface area (Å²) >= 11 is 5.44. The van der Waals surface area contributed by atoms with Gasteiger partial charge in [-0.3, -0.25) is 4.79 Å². The zero-order chi connectivity index (χ0) is 13.0. The molecule has 0 saturated heterocycles. The quantitative estimate of drug-likeness (QED) is 0.780. The van der Waals surface area contributed by atoms with Gasteiger partial charge in [0.15, 0.2) is 0 Å². The minimum atomic E-state index is -0.592. The SMILES string of the molecule is CCCOc1cc(C(=O)Cl)nn1-c1ccccc1. The second kappa shape index (κ2) is 5.69. The molecule has 0 saturated carbocycles. The van der Waals surface area contributed by atoms with Crippen molar-refractivity contribution in [2.45, 2.75) is 13.3 Å². The standard InChI is InChI=1S/C13H13ClN2O2/c1-2-8-18-12-9-11(13(14)17)15-16(12)10-6-4-3-5-7-10/h3-7,9H,2,8H2,1H3. The van der Waals surface area contributed by atoms with Crippen LogP contribution in [0.3, 0.4) is 0 Å². The van der Waals surface area contributed by atoms with Crippen LogP contribution in [-0.4, -0.2) is 21.6 Å². The summed E-state index contributed by atoms with van der Waals surface area (Å²) < 4.78 is 7.14. The van der Waals surface area contributed by atoms with Gasteiger partial charge in [0, 0.05) is 6.07 Å². The van der Waals surface area contributed by atoms with Crippen LogP contribution in [0.25, 0.3) is 5.69 Å². The van der Waals surface area contributed by atoms with Crippen molar-refractivity contribution in [3.63, 3.8) is 0 Å². The molecule has 0 N–H and O–H groups in total. The number of para-hydroxylation sites is 1. The van der Waals surface area contributed by atoms with E-state index in [-0.39, 0.29) is 5.69 Å². The second-order valence-electron chi connectivity index (χ2n) is 3.74. The summed E-state index contributed by atoms with van der Waals surface area (Å²) in [6.07, 6.45) is 0.879. The van der Waals surface area contributed by atoms with Gasteiger partial charge >= 0.3 is 0 Å². The fourth-order valence-electron chi connectivity index (χ4n) is 1.52. The van der Waals surface area contributed by atoms with Crippen LogP contribution in [0.15, 0.2) is 36.4 Å². The number of carbonyl (C=O) groups excluding carboxylic acids is 1. The lowest BCUT2D eigenvalue weighted by atomic mass is 10.3. The van der Waals surface area contributed by atoms with E-state index >= 15 is 0 Å². The molecule has 1 aromatic heterocycles. The number of hydrogen-bond acceptors (Lipinski definition) is 3. The molecule has 2 rings (SSSR count). The van der Waals surface area contributed by atoms with E-state index in [1.54, 1.807) is 10.7 Å². The summed E-state index contributed by atoms with van der Waals surface area (Å²) in [6, 6.07) is 11.0. The van der Waals surface area contributed by atoms with Crippen LogP contribution in [0, 0.1) is 0 Å². The monoisotopic (exact) mass is 264 g/mol. The van der Waals surface area contributed by atoms with Crippen LogP contribution in [0.1, 0.15) is 23.8 Å². The van der Waals surface area contributed by atoms with Gasteiger partial charge in [-0.05, 0) is 30.2 Å². The second-order valence-corrected chi connectivity index (χ2v) is 4.08. The number of rotatable bonds is 5. The highest BCUT2D eigenvalue weighted by Crippen LogP contribution is 2.20. The van der Waals surface area contributed by atoms with Crippen LogP contribution >= 0.6 is 11.6 Å². The smallest absolute Gasteiger partial charge is 0.272 e. The highest BCUT2D eigenvalue weighted by atomic mass is 35.5. The zero-order valence-corrected chi connectivity index (χ0v) is 10.7. The predicted molar refractivity (Wildman–Crippen MR) is 69.5 cm³/mol. The third-order valence-corrected chi connectivity index (χ3v) is 2.53. The van der Waals surface area contributed by atoms with E-state index in [4.69, 9.17) is 16.3 Å². The number of aromatic nitrogens is 2. The van der Waals surface area contributed by atoms with Crippen molar-refractivity contribution in [2.75, 3.05) is 6.61 Å². The van der Waals surface area contributed by atoms with E-state index in [1.165, 1.54) is 0 Å². The lowest BCUT2D eigenvalue weighted by Gasteiger charge is -2.07. The van der Waals surface area contributed by atoms with Crippen molar-refractivity contribution < 1.29 is 9.53 Å². The Bertz CT molecular complexity index is 537. The third-order valence-electron chi connectivity index (χ3n) is 2.33. The first-order valence-corrected chi connectivity index (χ1v) is 6.08. The Kier molecular flexibility index (Phi) is 3.99. The molecule has 0 aliphatic heterocycles. The van der Waals surface area contributed by atoms with E-state index in [1.807, 2.05) is 37.3 Å². The number of benzene rings is 1. The molecule has 0 unspecified atom stereocenters. The maximum absolute atomic E-state index is 11.2. The zero-order valence-electron chi connectivity index (χ0n) is 9.97. The van der Waals surface area contributed by atoms with E-state index in [0.29, 0.717) is 12.5 Å². The highest BCUT2D eigenvalue weighted by molar-refractivity contribution is 6.67. The van der Waals surface area contributed by atoms with Gasteiger partial charge in [-0.15, -0.1) is 0 Å². The average Bonchev–Trinajstić information content (AvgIpc) is 2.81. The van der Waals surface area contributed by atoms with E-state index in [0.717, 1.165) is 12.1 Å². The van der Waals surface area contributed by atoms with Crippen LogP contribution in [0.4, 0.5) is 0 Å².